The Balaban J connectivity index is 0.960. The molecule has 9 aromatic carbocycles. The first-order valence-corrected chi connectivity index (χ1v) is 20.4. The van der Waals surface area contributed by atoms with Gasteiger partial charge >= 0.3 is 0 Å². The van der Waals surface area contributed by atoms with Gasteiger partial charge in [-0.15, -0.1) is 11.3 Å². The highest BCUT2D eigenvalue weighted by atomic mass is 32.1. The standard InChI is InChI=1S/C55H35NOS/c1-4-10-36(11-5-1)39-16-18-42(19-17-39)47-34-48(43-24-20-40(21-25-43)37-12-6-2-7-13-37)54-51(35-47)57-55(56-54)44-26-22-41(23-27-44)46-29-31-53-50(33-46)49-32-45(28-30-52(49)58-53)38-14-8-3-9-15-38/h1-35H. The van der Waals surface area contributed by atoms with Crippen molar-refractivity contribution in [3.63, 3.8) is 0 Å². The fourth-order valence-corrected chi connectivity index (χ4v) is 9.14. The van der Waals surface area contributed by atoms with Crippen LogP contribution in [0.4, 0.5) is 0 Å². The van der Waals surface area contributed by atoms with E-state index >= 15 is 0 Å². The van der Waals surface area contributed by atoms with Crippen molar-refractivity contribution < 1.29 is 4.42 Å². The molecule has 0 saturated carbocycles. The highest BCUT2D eigenvalue weighted by Gasteiger charge is 2.17. The molecule has 0 N–H and O–H groups in total. The minimum Gasteiger partial charge on any atom is -0.436 e. The molecule has 2 aromatic heterocycles. The van der Waals surface area contributed by atoms with Crippen LogP contribution >= 0.6 is 11.3 Å². The Bertz CT molecular complexity index is 3220. The van der Waals surface area contributed by atoms with Crippen molar-refractivity contribution in [2.45, 2.75) is 0 Å². The van der Waals surface area contributed by atoms with Crippen molar-refractivity contribution in [2.24, 2.45) is 0 Å². The van der Waals surface area contributed by atoms with E-state index in [1.807, 2.05) is 11.3 Å². The average Bonchev–Trinajstić information content (AvgIpc) is 3.91. The van der Waals surface area contributed by atoms with Gasteiger partial charge in [-0.05, 0) is 110 Å². The van der Waals surface area contributed by atoms with E-state index in [9.17, 15) is 0 Å². The van der Waals surface area contributed by atoms with Crippen LogP contribution in [0, 0.1) is 0 Å². The number of oxazole rings is 1. The summed E-state index contributed by atoms with van der Waals surface area (Å²) in [5, 5.41) is 2.58. The molecular formula is C55H35NOS. The monoisotopic (exact) mass is 757 g/mol. The zero-order valence-corrected chi connectivity index (χ0v) is 32.3. The van der Waals surface area contributed by atoms with Crippen LogP contribution < -0.4 is 0 Å². The smallest absolute Gasteiger partial charge is 0.227 e. The Morgan fingerprint density at radius 2 is 0.690 bits per heavy atom. The quantitative estimate of drug-likeness (QED) is 0.162. The second-order valence-corrected chi connectivity index (χ2v) is 15.8. The van der Waals surface area contributed by atoms with Crippen molar-refractivity contribution in [1.82, 2.24) is 4.98 Å². The third-order valence-electron chi connectivity index (χ3n) is 11.2. The zero-order valence-electron chi connectivity index (χ0n) is 31.5. The first-order valence-electron chi connectivity index (χ1n) is 19.6. The van der Waals surface area contributed by atoms with Crippen LogP contribution in [0.25, 0.3) is 109 Å². The SMILES string of the molecule is c1ccc(-c2ccc(-c3cc(-c4ccc(-c5ccccc5)cc4)c4nc(-c5ccc(-c6ccc7sc8ccc(-c9ccccc9)cc8c7c6)cc5)oc4c3)cc2)cc1. The molecule has 0 aliphatic heterocycles. The summed E-state index contributed by atoms with van der Waals surface area (Å²) in [5.74, 6) is 0.605. The van der Waals surface area contributed by atoms with Crippen molar-refractivity contribution in [1.29, 1.82) is 0 Å². The normalized spacial score (nSPS) is 11.4. The predicted molar refractivity (Wildman–Crippen MR) is 245 cm³/mol. The van der Waals surface area contributed by atoms with Gasteiger partial charge in [-0.1, -0.05) is 164 Å². The first kappa shape index (κ1) is 34.0. The van der Waals surface area contributed by atoms with Gasteiger partial charge in [0.25, 0.3) is 0 Å². The zero-order chi connectivity index (χ0) is 38.4. The number of nitrogens with zero attached hydrogens (tertiary/aromatic N) is 1. The Hall–Kier alpha value is -7.33. The summed E-state index contributed by atoms with van der Waals surface area (Å²) in [4.78, 5) is 5.17. The Morgan fingerprint density at radius 3 is 1.19 bits per heavy atom. The molecule has 11 aromatic rings. The maximum Gasteiger partial charge on any atom is 0.227 e. The maximum absolute atomic E-state index is 6.64. The number of thiophene rings is 1. The molecule has 0 bridgehead atoms. The van der Waals surface area contributed by atoms with E-state index in [1.54, 1.807) is 0 Å². The molecule has 11 rings (SSSR count). The molecule has 2 nitrogen and oxygen atoms in total. The van der Waals surface area contributed by atoms with E-state index in [-0.39, 0.29) is 0 Å². The topological polar surface area (TPSA) is 26.0 Å². The van der Waals surface area contributed by atoms with Crippen LogP contribution in [0.15, 0.2) is 217 Å². The van der Waals surface area contributed by atoms with Gasteiger partial charge in [0.15, 0.2) is 5.58 Å². The lowest BCUT2D eigenvalue weighted by Crippen LogP contribution is -1.86. The molecule has 0 radical (unpaired) electrons. The van der Waals surface area contributed by atoms with Crippen molar-refractivity contribution in [3.05, 3.63) is 212 Å². The predicted octanol–water partition coefficient (Wildman–Crippen LogP) is 15.9. The fraction of sp³-hybridized carbons (Fsp3) is 0. The van der Waals surface area contributed by atoms with E-state index in [0.29, 0.717) is 5.89 Å². The van der Waals surface area contributed by atoms with Gasteiger partial charge in [0.05, 0.1) is 0 Å². The number of rotatable bonds is 7. The number of benzene rings is 9. The molecule has 2 heterocycles. The van der Waals surface area contributed by atoms with Crippen LogP contribution in [-0.2, 0) is 0 Å². The van der Waals surface area contributed by atoms with Crippen LogP contribution in [0.1, 0.15) is 0 Å². The summed E-state index contributed by atoms with van der Waals surface area (Å²) in [7, 11) is 0. The third-order valence-corrected chi connectivity index (χ3v) is 12.3. The number of hydrogen-bond donors (Lipinski definition) is 0. The third kappa shape index (κ3) is 6.28. The summed E-state index contributed by atoms with van der Waals surface area (Å²) < 4.78 is 9.24. The molecule has 0 aliphatic rings. The maximum atomic E-state index is 6.64. The minimum atomic E-state index is 0.605. The summed E-state index contributed by atoms with van der Waals surface area (Å²) >= 11 is 1.85. The second-order valence-electron chi connectivity index (χ2n) is 14.7. The summed E-state index contributed by atoms with van der Waals surface area (Å²) in [6.07, 6.45) is 0. The molecule has 0 amide bonds. The van der Waals surface area contributed by atoms with E-state index < -0.39 is 0 Å². The molecule has 0 fully saturated rings. The Labute approximate surface area is 341 Å². The van der Waals surface area contributed by atoms with Gasteiger partial charge in [0.2, 0.25) is 5.89 Å². The van der Waals surface area contributed by atoms with Crippen molar-refractivity contribution in [2.75, 3.05) is 0 Å². The van der Waals surface area contributed by atoms with Gasteiger partial charge in [-0.3, -0.25) is 0 Å². The van der Waals surface area contributed by atoms with E-state index in [2.05, 4.69) is 212 Å². The summed E-state index contributed by atoms with van der Waals surface area (Å²) in [6, 6.07) is 75.8. The highest BCUT2D eigenvalue weighted by molar-refractivity contribution is 7.25. The van der Waals surface area contributed by atoms with Crippen LogP contribution in [0.5, 0.6) is 0 Å². The molecule has 272 valence electrons. The average molecular weight is 758 g/mol. The summed E-state index contributed by atoms with van der Waals surface area (Å²) in [5.41, 5.74) is 16.5. The van der Waals surface area contributed by atoms with Crippen LogP contribution in [0.2, 0.25) is 0 Å². The largest absolute Gasteiger partial charge is 0.436 e. The molecule has 58 heavy (non-hydrogen) atoms. The van der Waals surface area contributed by atoms with E-state index in [4.69, 9.17) is 9.40 Å². The lowest BCUT2D eigenvalue weighted by Gasteiger charge is -2.09. The lowest BCUT2D eigenvalue weighted by atomic mass is 9.95. The van der Waals surface area contributed by atoms with Gasteiger partial charge < -0.3 is 4.42 Å². The van der Waals surface area contributed by atoms with Crippen molar-refractivity contribution >= 4 is 42.6 Å². The molecule has 0 aliphatic carbocycles. The molecule has 0 spiro atoms. The Morgan fingerprint density at radius 1 is 0.310 bits per heavy atom. The van der Waals surface area contributed by atoms with Gasteiger partial charge in [-0.25, -0.2) is 4.98 Å². The first-order chi connectivity index (χ1) is 28.7. The van der Waals surface area contributed by atoms with E-state index in [0.717, 1.165) is 44.5 Å². The lowest BCUT2D eigenvalue weighted by molar-refractivity contribution is 0.620. The van der Waals surface area contributed by atoms with Crippen LogP contribution in [-0.4, -0.2) is 4.98 Å². The minimum absolute atomic E-state index is 0.605. The van der Waals surface area contributed by atoms with Crippen molar-refractivity contribution in [3.8, 4) is 78.2 Å². The van der Waals surface area contributed by atoms with E-state index in [1.165, 1.54) is 59.1 Å². The molecule has 0 unspecified atom stereocenters. The number of hydrogen-bond acceptors (Lipinski definition) is 3. The van der Waals surface area contributed by atoms with Gasteiger partial charge in [0, 0.05) is 31.3 Å². The van der Waals surface area contributed by atoms with Gasteiger partial charge in [-0.2, -0.15) is 0 Å². The molecule has 0 saturated heterocycles. The number of fused-ring (bicyclic) bond motifs is 4. The second kappa shape index (κ2) is 14.3. The van der Waals surface area contributed by atoms with Gasteiger partial charge in [0.1, 0.15) is 5.52 Å². The molecule has 3 heteroatoms. The number of aromatic nitrogens is 1. The van der Waals surface area contributed by atoms with Crippen LogP contribution in [0.3, 0.4) is 0 Å². The fourth-order valence-electron chi connectivity index (χ4n) is 8.07. The highest BCUT2D eigenvalue weighted by Crippen LogP contribution is 2.40. The molecular weight excluding hydrogens is 723 g/mol. The Kier molecular flexibility index (Phi) is 8.38. The molecule has 0 atom stereocenters. The summed E-state index contributed by atoms with van der Waals surface area (Å²) in [6.45, 7) is 0.